The van der Waals surface area contributed by atoms with Crippen LogP contribution in [0.25, 0.3) is 0 Å². The van der Waals surface area contributed by atoms with Crippen LogP contribution in [0.1, 0.15) is 39.5 Å². The Morgan fingerprint density at radius 1 is 1.26 bits per heavy atom. The predicted molar refractivity (Wildman–Crippen MR) is 71.6 cm³/mol. The minimum Gasteiger partial charge on any atom is -0.481 e. The van der Waals surface area contributed by atoms with E-state index in [1.807, 2.05) is 6.92 Å². The van der Waals surface area contributed by atoms with Crippen molar-refractivity contribution in [2.75, 3.05) is 20.1 Å². The Morgan fingerprint density at radius 3 is 2.37 bits per heavy atom. The summed E-state index contributed by atoms with van der Waals surface area (Å²) in [6.07, 6.45) is 2.46. The van der Waals surface area contributed by atoms with Gasteiger partial charge in [0.25, 0.3) is 0 Å². The Bertz CT molecular complexity index is 318. The third-order valence-electron chi connectivity index (χ3n) is 3.14. The van der Waals surface area contributed by atoms with E-state index in [0.717, 1.165) is 12.8 Å². The summed E-state index contributed by atoms with van der Waals surface area (Å²) < 4.78 is 0. The summed E-state index contributed by atoms with van der Waals surface area (Å²) in [6.45, 7) is 3.99. The zero-order valence-corrected chi connectivity index (χ0v) is 11.9. The molecule has 1 unspecified atom stereocenters. The molecule has 2 amide bonds. The second-order valence-corrected chi connectivity index (χ2v) is 4.72. The number of nitrogens with one attached hydrogen (secondary N) is 1. The number of rotatable bonds is 9. The van der Waals surface area contributed by atoms with Crippen molar-refractivity contribution in [3.8, 4) is 0 Å². The van der Waals surface area contributed by atoms with Gasteiger partial charge in [-0.3, -0.25) is 14.4 Å². The van der Waals surface area contributed by atoms with Crippen LogP contribution in [0.5, 0.6) is 0 Å². The Balaban J connectivity index is 3.83. The lowest BCUT2D eigenvalue weighted by Gasteiger charge is -2.16. The summed E-state index contributed by atoms with van der Waals surface area (Å²) in [5.41, 5.74) is 0. The first-order valence-corrected chi connectivity index (χ1v) is 6.57. The molecule has 0 bridgehead atoms. The largest absolute Gasteiger partial charge is 0.481 e. The van der Waals surface area contributed by atoms with E-state index in [-0.39, 0.29) is 24.8 Å². The Hall–Kier alpha value is -1.59. The van der Waals surface area contributed by atoms with Gasteiger partial charge in [0, 0.05) is 26.9 Å². The summed E-state index contributed by atoms with van der Waals surface area (Å²) in [5.74, 6) is -0.818. The number of carbonyl (C=O) groups is 3. The zero-order chi connectivity index (χ0) is 14.8. The average molecular weight is 272 g/mol. The zero-order valence-electron chi connectivity index (χ0n) is 11.9. The molecule has 0 heterocycles. The van der Waals surface area contributed by atoms with Crippen molar-refractivity contribution in [1.82, 2.24) is 10.2 Å². The third-order valence-corrected chi connectivity index (χ3v) is 3.14. The summed E-state index contributed by atoms with van der Waals surface area (Å²) >= 11 is 0. The van der Waals surface area contributed by atoms with E-state index >= 15 is 0 Å². The molecule has 0 aromatic carbocycles. The molecule has 0 aliphatic rings. The van der Waals surface area contributed by atoms with Gasteiger partial charge in [-0.05, 0) is 18.8 Å². The van der Waals surface area contributed by atoms with Crippen LogP contribution in [0.4, 0.5) is 0 Å². The first-order chi connectivity index (χ1) is 8.86. The monoisotopic (exact) mass is 272 g/mol. The molecular formula is C13H24N2O4. The molecule has 0 radical (unpaired) electrons. The van der Waals surface area contributed by atoms with Crippen LogP contribution >= 0.6 is 0 Å². The van der Waals surface area contributed by atoms with Crippen LogP contribution in [0, 0.1) is 5.92 Å². The first-order valence-electron chi connectivity index (χ1n) is 6.57. The van der Waals surface area contributed by atoms with E-state index in [1.165, 1.54) is 11.8 Å². The van der Waals surface area contributed by atoms with Crippen molar-refractivity contribution in [3.05, 3.63) is 0 Å². The quantitative estimate of drug-likeness (QED) is 0.652. The van der Waals surface area contributed by atoms with Crippen molar-refractivity contribution >= 4 is 17.8 Å². The molecule has 110 valence electrons. The van der Waals surface area contributed by atoms with Gasteiger partial charge in [-0.15, -0.1) is 0 Å². The maximum atomic E-state index is 11.5. The molecule has 0 spiro atoms. The molecule has 2 N–H and O–H groups in total. The van der Waals surface area contributed by atoms with Gasteiger partial charge in [-0.2, -0.15) is 0 Å². The number of amides is 2. The lowest BCUT2D eigenvalue weighted by Crippen LogP contribution is -2.38. The molecule has 1 atom stereocenters. The van der Waals surface area contributed by atoms with Crippen molar-refractivity contribution in [2.45, 2.75) is 39.5 Å². The third kappa shape index (κ3) is 9.04. The van der Waals surface area contributed by atoms with Crippen molar-refractivity contribution in [3.63, 3.8) is 0 Å². The normalized spacial score (nSPS) is 11.7. The van der Waals surface area contributed by atoms with Crippen molar-refractivity contribution in [2.24, 2.45) is 5.92 Å². The van der Waals surface area contributed by atoms with Crippen LogP contribution in [-0.4, -0.2) is 47.9 Å². The smallest absolute Gasteiger partial charge is 0.303 e. The van der Waals surface area contributed by atoms with Gasteiger partial charge in [-0.1, -0.05) is 13.3 Å². The fourth-order valence-electron chi connectivity index (χ4n) is 1.68. The molecule has 0 aromatic rings. The number of carbonyl (C=O) groups excluding carboxylic acids is 2. The van der Waals surface area contributed by atoms with Crippen LogP contribution in [-0.2, 0) is 14.4 Å². The van der Waals surface area contributed by atoms with Gasteiger partial charge < -0.3 is 15.3 Å². The van der Waals surface area contributed by atoms with Gasteiger partial charge in [0.05, 0.1) is 6.54 Å². The molecule has 0 rings (SSSR count). The highest BCUT2D eigenvalue weighted by atomic mass is 16.4. The number of aliphatic carboxylic acids is 1. The number of hydrogen-bond acceptors (Lipinski definition) is 3. The molecule has 0 aromatic heterocycles. The van der Waals surface area contributed by atoms with Gasteiger partial charge in [0.2, 0.25) is 11.8 Å². The molecule has 0 saturated carbocycles. The molecule has 6 heteroatoms. The van der Waals surface area contributed by atoms with Crippen molar-refractivity contribution in [1.29, 1.82) is 0 Å². The Kier molecular flexibility index (Phi) is 8.57. The van der Waals surface area contributed by atoms with E-state index in [0.29, 0.717) is 18.9 Å². The average Bonchev–Trinajstić information content (AvgIpc) is 2.32. The predicted octanol–water partition coefficient (Wildman–Crippen LogP) is 0.862. The van der Waals surface area contributed by atoms with Gasteiger partial charge in [0.15, 0.2) is 0 Å². The van der Waals surface area contributed by atoms with E-state index in [9.17, 15) is 14.4 Å². The molecule has 6 nitrogen and oxygen atoms in total. The number of likely N-dealkylation sites (N-methyl/N-ethyl adjacent to an activating group) is 1. The van der Waals surface area contributed by atoms with Crippen LogP contribution in [0.3, 0.4) is 0 Å². The second kappa shape index (κ2) is 9.35. The Labute approximate surface area is 114 Å². The SMILES string of the molecule is CCC(CCNC(=O)CN(C)C(C)=O)CCC(=O)O. The molecular weight excluding hydrogens is 248 g/mol. The fraction of sp³-hybridized carbons (Fsp3) is 0.769. The highest BCUT2D eigenvalue weighted by Crippen LogP contribution is 2.14. The van der Waals surface area contributed by atoms with E-state index < -0.39 is 5.97 Å². The number of carboxylic acid groups (broad SMARTS) is 1. The number of hydrogen-bond donors (Lipinski definition) is 2. The molecule has 0 saturated heterocycles. The number of carboxylic acids is 1. The maximum Gasteiger partial charge on any atom is 0.303 e. The summed E-state index contributed by atoms with van der Waals surface area (Å²) in [6, 6.07) is 0. The molecule has 19 heavy (non-hydrogen) atoms. The van der Waals surface area contributed by atoms with Crippen LogP contribution in [0.15, 0.2) is 0 Å². The summed E-state index contributed by atoms with van der Waals surface area (Å²) in [5, 5.41) is 11.4. The van der Waals surface area contributed by atoms with Crippen molar-refractivity contribution < 1.29 is 19.5 Å². The van der Waals surface area contributed by atoms with E-state index in [2.05, 4.69) is 5.32 Å². The standard InChI is InChI=1S/C13H24N2O4/c1-4-11(5-6-13(18)19)7-8-14-12(17)9-15(3)10(2)16/h11H,4-9H2,1-3H3,(H,14,17)(H,18,19). The lowest BCUT2D eigenvalue weighted by atomic mass is 9.97. The second-order valence-electron chi connectivity index (χ2n) is 4.72. The first kappa shape index (κ1) is 17.4. The lowest BCUT2D eigenvalue weighted by molar-refractivity contribution is -0.137. The van der Waals surface area contributed by atoms with Gasteiger partial charge in [0.1, 0.15) is 0 Å². The topological polar surface area (TPSA) is 86.7 Å². The van der Waals surface area contributed by atoms with Crippen LogP contribution in [0.2, 0.25) is 0 Å². The number of nitrogens with zero attached hydrogens (tertiary/aromatic N) is 1. The highest BCUT2D eigenvalue weighted by Gasteiger charge is 2.11. The van der Waals surface area contributed by atoms with Gasteiger partial charge >= 0.3 is 5.97 Å². The molecule has 0 aliphatic carbocycles. The minimum atomic E-state index is -0.787. The summed E-state index contributed by atoms with van der Waals surface area (Å²) in [4.78, 5) is 34.3. The fourth-order valence-corrected chi connectivity index (χ4v) is 1.68. The molecule has 0 aliphatic heterocycles. The van der Waals surface area contributed by atoms with E-state index in [4.69, 9.17) is 5.11 Å². The van der Waals surface area contributed by atoms with Gasteiger partial charge in [-0.25, -0.2) is 0 Å². The maximum absolute atomic E-state index is 11.5. The summed E-state index contributed by atoms with van der Waals surface area (Å²) in [7, 11) is 1.57. The van der Waals surface area contributed by atoms with E-state index in [1.54, 1.807) is 7.05 Å². The van der Waals surface area contributed by atoms with Crippen LogP contribution < -0.4 is 5.32 Å². The minimum absolute atomic E-state index is 0.0568. The highest BCUT2D eigenvalue weighted by molar-refractivity contribution is 5.83. The Morgan fingerprint density at radius 2 is 1.89 bits per heavy atom. The molecule has 0 fully saturated rings.